The minimum atomic E-state index is -0.512. The smallest absolute Gasteiger partial charge is 0.159 e. The lowest BCUT2D eigenvalue weighted by molar-refractivity contribution is 0.784. The van der Waals surface area contributed by atoms with Crippen molar-refractivity contribution in [2.24, 2.45) is 0 Å². The number of aromatic nitrogens is 3. The third-order valence-electron chi connectivity index (χ3n) is 9.68. The number of hydrogen-bond acceptors (Lipinski definition) is 2. The van der Waals surface area contributed by atoms with Gasteiger partial charge in [0.25, 0.3) is 0 Å². The molecule has 3 heteroatoms. The summed E-state index contributed by atoms with van der Waals surface area (Å²) in [6.45, 7) is 0. The van der Waals surface area contributed by atoms with Crippen molar-refractivity contribution in [2.45, 2.75) is 5.41 Å². The third-order valence-corrected chi connectivity index (χ3v) is 9.68. The Morgan fingerprint density at radius 1 is 0.477 bits per heavy atom. The van der Waals surface area contributed by atoms with Crippen molar-refractivity contribution < 1.29 is 0 Å². The molecule has 2 aliphatic carbocycles. The lowest BCUT2D eigenvalue weighted by Crippen LogP contribution is -2.26. The topological polar surface area (TPSA) is 30.7 Å². The van der Waals surface area contributed by atoms with Crippen LogP contribution in [-0.4, -0.2) is 14.5 Å². The molecule has 0 amide bonds. The molecule has 44 heavy (non-hydrogen) atoms. The average Bonchev–Trinajstić information content (AvgIpc) is 3.70. The van der Waals surface area contributed by atoms with Crippen LogP contribution in [0.15, 0.2) is 152 Å². The van der Waals surface area contributed by atoms with E-state index < -0.39 is 5.41 Å². The molecule has 1 spiro atoms. The summed E-state index contributed by atoms with van der Waals surface area (Å²) in [6, 6.07) is 52.4. The molecule has 0 N–H and O–H groups in total. The van der Waals surface area contributed by atoms with Gasteiger partial charge in [-0.1, -0.05) is 121 Å². The average molecular weight is 560 g/mol. The zero-order chi connectivity index (χ0) is 28.8. The molecule has 0 saturated carbocycles. The summed E-state index contributed by atoms with van der Waals surface area (Å²) >= 11 is 0. The Labute approximate surface area is 254 Å². The van der Waals surface area contributed by atoms with Gasteiger partial charge < -0.3 is 4.57 Å². The SMILES string of the molecule is c1ccc(-c2ncc3c(n2)-c2ccccc2C32c3ccccc3-c3ccc(-n4c5ccccc5c5ccccc54)cc32)cc1. The standard InChI is InChI=1S/C41H25N3/c1-2-12-26(13-3-1)40-42-25-36-39(43-40)32-17-5-9-19-34(32)41(36)33-18-8-4-14-28(33)29-23-22-27(24-35(29)41)44-37-20-10-6-15-30(37)31-16-7-11-21-38(31)44/h1-25H. The van der Waals surface area contributed by atoms with Crippen molar-refractivity contribution >= 4 is 21.8 Å². The van der Waals surface area contributed by atoms with Gasteiger partial charge in [0.1, 0.15) is 0 Å². The maximum absolute atomic E-state index is 5.27. The minimum Gasteiger partial charge on any atom is -0.309 e. The molecule has 204 valence electrons. The fourth-order valence-electron chi connectivity index (χ4n) is 7.94. The number of benzene rings is 6. The second kappa shape index (κ2) is 8.62. The van der Waals surface area contributed by atoms with Gasteiger partial charge in [0.05, 0.1) is 22.1 Å². The van der Waals surface area contributed by atoms with E-state index in [0.717, 1.165) is 28.3 Å². The molecular formula is C41H25N3. The molecule has 0 bridgehead atoms. The Morgan fingerprint density at radius 2 is 1.07 bits per heavy atom. The van der Waals surface area contributed by atoms with E-state index in [1.807, 2.05) is 18.2 Å². The van der Waals surface area contributed by atoms with Crippen LogP contribution < -0.4 is 0 Å². The van der Waals surface area contributed by atoms with Crippen LogP contribution >= 0.6 is 0 Å². The quantitative estimate of drug-likeness (QED) is 0.211. The molecular weight excluding hydrogens is 534 g/mol. The van der Waals surface area contributed by atoms with Crippen LogP contribution in [0.25, 0.3) is 61.3 Å². The number of fused-ring (bicyclic) bond motifs is 13. The Bertz CT molecular complexity index is 2400. The summed E-state index contributed by atoms with van der Waals surface area (Å²) in [5.41, 5.74) is 13.8. The van der Waals surface area contributed by atoms with Gasteiger partial charge in [-0.15, -0.1) is 0 Å². The van der Waals surface area contributed by atoms with E-state index in [1.54, 1.807) is 0 Å². The summed E-state index contributed by atoms with van der Waals surface area (Å²) in [7, 11) is 0. The highest BCUT2D eigenvalue weighted by Crippen LogP contribution is 2.62. The highest BCUT2D eigenvalue weighted by molar-refractivity contribution is 6.09. The number of hydrogen-bond donors (Lipinski definition) is 0. The van der Waals surface area contributed by atoms with Crippen molar-refractivity contribution in [3.05, 3.63) is 174 Å². The summed E-state index contributed by atoms with van der Waals surface area (Å²) in [4.78, 5) is 10.3. The molecule has 6 aromatic carbocycles. The summed E-state index contributed by atoms with van der Waals surface area (Å²) < 4.78 is 2.42. The van der Waals surface area contributed by atoms with Crippen molar-refractivity contribution in [2.75, 3.05) is 0 Å². The van der Waals surface area contributed by atoms with E-state index in [9.17, 15) is 0 Å². The third kappa shape index (κ3) is 2.91. The first-order chi connectivity index (χ1) is 21.8. The molecule has 0 radical (unpaired) electrons. The molecule has 10 rings (SSSR count). The molecule has 0 saturated heterocycles. The molecule has 0 aliphatic heterocycles. The van der Waals surface area contributed by atoms with Crippen molar-refractivity contribution in [3.8, 4) is 39.5 Å². The molecule has 1 atom stereocenters. The van der Waals surface area contributed by atoms with Gasteiger partial charge in [-0.3, -0.25) is 0 Å². The maximum atomic E-state index is 5.27. The first kappa shape index (κ1) is 23.7. The molecule has 2 aromatic heterocycles. The van der Waals surface area contributed by atoms with Crippen LogP contribution in [0, 0.1) is 0 Å². The molecule has 8 aromatic rings. The highest BCUT2D eigenvalue weighted by atomic mass is 15.0. The predicted octanol–water partition coefficient (Wildman–Crippen LogP) is 9.58. The maximum Gasteiger partial charge on any atom is 0.159 e. The van der Waals surface area contributed by atoms with Crippen LogP contribution in [0.1, 0.15) is 22.3 Å². The van der Waals surface area contributed by atoms with Gasteiger partial charge >= 0.3 is 0 Å². The van der Waals surface area contributed by atoms with Crippen molar-refractivity contribution in [3.63, 3.8) is 0 Å². The first-order valence-corrected chi connectivity index (χ1v) is 15.1. The van der Waals surface area contributed by atoms with E-state index in [-0.39, 0.29) is 0 Å². The summed E-state index contributed by atoms with van der Waals surface area (Å²) in [5, 5.41) is 2.53. The predicted molar refractivity (Wildman–Crippen MR) is 178 cm³/mol. The van der Waals surface area contributed by atoms with Gasteiger partial charge in [-0.2, -0.15) is 0 Å². The van der Waals surface area contributed by atoms with Gasteiger partial charge in [0.2, 0.25) is 0 Å². The minimum absolute atomic E-state index is 0.512. The lowest BCUT2D eigenvalue weighted by atomic mass is 9.71. The molecule has 3 nitrogen and oxygen atoms in total. The van der Waals surface area contributed by atoms with E-state index in [4.69, 9.17) is 9.97 Å². The highest BCUT2D eigenvalue weighted by Gasteiger charge is 2.52. The Morgan fingerprint density at radius 3 is 1.82 bits per heavy atom. The van der Waals surface area contributed by atoms with Gasteiger partial charge in [-0.05, 0) is 52.1 Å². The zero-order valence-electron chi connectivity index (χ0n) is 23.8. The van der Waals surface area contributed by atoms with E-state index in [2.05, 4.69) is 138 Å². The van der Waals surface area contributed by atoms with Gasteiger partial charge in [-0.25, -0.2) is 9.97 Å². The number of nitrogens with zero attached hydrogens (tertiary/aromatic N) is 3. The first-order valence-electron chi connectivity index (χ1n) is 15.1. The summed E-state index contributed by atoms with van der Waals surface area (Å²) in [5.74, 6) is 0.752. The Kier molecular flexibility index (Phi) is 4.65. The lowest BCUT2D eigenvalue weighted by Gasteiger charge is -2.30. The Hall–Kier alpha value is -5.80. The van der Waals surface area contributed by atoms with Crippen LogP contribution in [0.3, 0.4) is 0 Å². The van der Waals surface area contributed by atoms with Crippen LogP contribution in [-0.2, 0) is 5.41 Å². The van der Waals surface area contributed by atoms with E-state index in [0.29, 0.717) is 0 Å². The van der Waals surface area contributed by atoms with Crippen LogP contribution in [0.5, 0.6) is 0 Å². The molecule has 2 heterocycles. The van der Waals surface area contributed by atoms with Gasteiger partial charge in [0.15, 0.2) is 5.82 Å². The molecule has 0 fully saturated rings. The monoisotopic (exact) mass is 559 g/mol. The number of rotatable bonds is 2. The normalized spacial score (nSPS) is 15.8. The second-order valence-corrected chi connectivity index (χ2v) is 11.8. The fraction of sp³-hybridized carbons (Fsp3) is 0.0244. The van der Waals surface area contributed by atoms with Crippen molar-refractivity contribution in [1.82, 2.24) is 14.5 Å². The van der Waals surface area contributed by atoms with Crippen LogP contribution in [0.4, 0.5) is 0 Å². The molecule has 2 aliphatic rings. The summed E-state index contributed by atoms with van der Waals surface area (Å²) in [6.07, 6.45) is 2.09. The van der Waals surface area contributed by atoms with Crippen molar-refractivity contribution in [1.29, 1.82) is 0 Å². The number of para-hydroxylation sites is 2. The van der Waals surface area contributed by atoms with Gasteiger partial charge in [0, 0.05) is 39.3 Å². The fourth-order valence-corrected chi connectivity index (χ4v) is 7.94. The zero-order valence-corrected chi connectivity index (χ0v) is 23.8. The Balaban J connectivity index is 1.30. The largest absolute Gasteiger partial charge is 0.309 e. The van der Waals surface area contributed by atoms with Crippen LogP contribution in [0.2, 0.25) is 0 Å². The second-order valence-electron chi connectivity index (χ2n) is 11.8. The van der Waals surface area contributed by atoms with E-state index in [1.165, 1.54) is 55.2 Å². The molecule has 1 unspecified atom stereocenters. The van der Waals surface area contributed by atoms with E-state index >= 15 is 0 Å².